The van der Waals surface area contributed by atoms with Gasteiger partial charge in [-0.15, -0.1) is 0 Å². The zero-order valence-electron chi connectivity index (χ0n) is 14.4. The van der Waals surface area contributed by atoms with Crippen molar-refractivity contribution in [1.82, 2.24) is 4.31 Å². The third-order valence-corrected chi connectivity index (χ3v) is 6.22. The third kappa shape index (κ3) is 3.86. The van der Waals surface area contributed by atoms with Gasteiger partial charge >= 0.3 is 11.9 Å². The monoisotopic (exact) mass is 384 g/mol. The molecule has 0 atom stereocenters. The van der Waals surface area contributed by atoms with Gasteiger partial charge in [0.25, 0.3) is 0 Å². The minimum atomic E-state index is -4.09. The molecule has 1 aliphatic heterocycles. The first-order chi connectivity index (χ1) is 12.2. The Bertz CT molecular complexity index is 827. The summed E-state index contributed by atoms with van der Waals surface area (Å²) in [5.41, 5.74) is 5.07. The van der Waals surface area contributed by atoms with Crippen molar-refractivity contribution in [1.29, 1.82) is 0 Å². The van der Waals surface area contributed by atoms with Crippen LogP contribution in [-0.2, 0) is 24.3 Å². The van der Waals surface area contributed by atoms with Gasteiger partial charge in [-0.2, -0.15) is 4.31 Å². The van der Waals surface area contributed by atoms with E-state index in [-0.39, 0.29) is 35.0 Å². The molecule has 1 aromatic carbocycles. The Kier molecular flexibility index (Phi) is 5.98. The number of piperidine rings is 1. The average Bonchev–Trinajstić information content (AvgIpc) is 2.66. The quantitative estimate of drug-likeness (QED) is 0.714. The van der Waals surface area contributed by atoms with E-state index >= 15 is 0 Å². The molecule has 1 aliphatic rings. The van der Waals surface area contributed by atoms with Crippen molar-refractivity contribution >= 4 is 27.9 Å². The van der Waals surface area contributed by atoms with Gasteiger partial charge in [0.1, 0.15) is 0 Å². The number of ether oxygens (including phenoxy) is 2. The molecular weight excluding hydrogens is 364 g/mol. The summed E-state index contributed by atoms with van der Waals surface area (Å²) < 4.78 is 36.4. The summed E-state index contributed by atoms with van der Waals surface area (Å²) >= 11 is 0. The SMILES string of the molecule is COC(=O)c1ccc(C(=O)OC)c(S(=O)(=O)N2CCC(C(N)=O)CC2)c1. The minimum absolute atomic E-state index is 0.00856. The summed E-state index contributed by atoms with van der Waals surface area (Å²) in [5, 5.41) is 0. The topological polar surface area (TPSA) is 133 Å². The molecule has 1 saturated heterocycles. The maximum Gasteiger partial charge on any atom is 0.339 e. The number of carbonyl (C=O) groups is 3. The molecule has 0 radical (unpaired) electrons. The van der Waals surface area contributed by atoms with E-state index < -0.39 is 27.9 Å². The molecule has 1 amide bonds. The van der Waals surface area contributed by atoms with Crippen LogP contribution < -0.4 is 5.73 Å². The molecule has 0 bridgehead atoms. The lowest BCUT2D eigenvalue weighted by Crippen LogP contribution is -2.42. The summed E-state index contributed by atoms with van der Waals surface area (Å²) in [5.74, 6) is -2.43. The van der Waals surface area contributed by atoms with Gasteiger partial charge in [0.15, 0.2) is 0 Å². The van der Waals surface area contributed by atoms with Gasteiger partial charge in [-0.3, -0.25) is 4.79 Å². The van der Waals surface area contributed by atoms with E-state index in [4.69, 9.17) is 5.73 Å². The van der Waals surface area contributed by atoms with Crippen molar-refractivity contribution < 1.29 is 32.3 Å². The number of rotatable bonds is 5. The fourth-order valence-electron chi connectivity index (χ4n) is 2.78. The van der Waals surface area contributed by atoms with Crippen LogP contribution in [0.2, 0.25) is 0 Å². The van der Waals surface area contributed by atoms with Crippen molar-refractivity contribution in [3.63, 3.8) is 0 Å². The largest absolute Gasteiger partial charge is 0.465 e. The Morgan fingerprint density at radius 3 is 2.15 bits per heavy atom. The fraction of sp³-hybridized carbons (Fsp3) is 0.438. The predicted molar refractivity (Wildman–Crippen MR) is 89.8 cm³/mol. The summed E-state index contributed by atoms with van der Waals surface area (Å²) in [4.78, 5) is 34.6. The molecule has 0 spiro atoms. The highest BCUT2D eigenvalue weighted by Crippen LogP contribution is 2.27. The van der Waals surface area contributed by atoms with E-state index in [2.05, 4.69) is 9.47 Å². The first-order valence-corrected chi connectivity index (χ1v) is 9.26. The number of primary amides is 1. The number of hydrogen-bond acceptors (Lipinski definition) is 7. The molecule has 1 heterocycles. The van der Waals surface area contributed by atoms with E-state index in [9.17, 15) is 22.8 Å². The number of benzene rings is 1. The standard InChI is InChI=1S/C16H20N2O7S/c1-24-15(20)11-3-4-12(16(21)25-2)13(9-11)26(22,23)18-7-5-10(6-8-18)14(17)19/h3-4,9-10H,5-8H2,1-2H3,(H2,17,19). The molecule has 0 aliphatic carbocycles. The normalized spacial score (nSPS) is 16.1. The van der Waals surface area contributed by atoms with Gasteiger partial charge in [0.2, 0.25) is 15.9 Å². The van der Waals surface area contributed by atoms with E-state index in [0.29, 0.717) is 12.8 Å². The van der Waals surface area contributed by atoms with Crippen LogP contribution in [0.25, 0.3) is 0 Å². The maximum absolute atomic E-state index is 13.0. The zero-order chi connectivity index (χ0) is 19.5. The molecule has 1 aromatic rings. The van der Waals surface area contributed by atoms with E-state index in [1.54, 1.807) is 0 Å². The Hall–Kier alpha value is -2.46. The fourth-order valence-corrected chi connectivity index (χ4v) is 4.45. The second-order valence-electron chi connectivity index (χ2n) is 5.77. The number of hydrogen-bond donors (Lipinski definition) is 1. The molecule has 26 heavy (non-hydrogen) atoms. The lowest BCUT2D eigenvalue weighted by molar-refractivity contribution is -0.122. The van der Waals surface area contributed by atoms with Crippen LogP contribution in [0.1, 0.15) is 33.6 Å². The molecule has 2 rings (SSSR count). The highest BCUT2D eigenvalue weighted by Gasteiger charge is 2.34. The first kappa shape index (κ1) is 19.9. The molecule has 10 heteroatoms. The van der Waals surface area contributed by atoms with Crippen molar-refractivity contribution in [3.8, 4) is 0 Å². The molecule has 9 nitrogen and oxygen atoms in total. The summed E-state index contributed by atoms with van der Waals surface area (Å²) in [7, 11) is -1.79. The average molecular weight is 384 g/mol. The predicted octanol–water partition coefficient (Wildman–Crippen LogP) is 0.146. The lowest BCUT2D eigenvalue weighted by Gasteiger charge is -2.30. The summed E-state index contributed by atoms with van der Waals surface area (Å²) in [6, 6.07) is 3.59. The Morgan fingerprint density at radius 1 is 1.08 bits per heavy atom. The van der Waals surface area contributed by atoms with E-state index in [1.165, 1.54) is 19.2 Å². The number of esters is 2. The molecule has 0 unspecified atom stereocenters. The molecule has 0 saturated carbocycles. The second-order valence-corrected chi connectivity index (χ2v) is 7.68. The molecule has 2 N–H and O–H groups in total. The van der Waals surface area contributed by atoms with Gasteiger partial charge in [-0.25, -0.2) is 18.0 Å². The van der Waals surface area contributed by atoms with Gasteiger partial charge < -0.3 is 15.2 Å². The van der Waals surface area contributed by atoms with Gasteiger partial charge in [0.05, 0.1) is 30.2 Å². The molecular formula is C16H20N2O7S. The van der Waals surface area contributed by atoms with Gasteiger partial charge in [-0.1, -0.05) is 0 Å². The second kappa shape index (κ2) is 7.83. The Labute approximate surface area is 151 Å². The first-order valence-electron chi connectivity index (χ1n) is 7.82. The van der Waals surface area contributed by atoms with Crippen LogP contribution >= 0.6 is 0 Å². The van der Waals surface area contributed by atoms with Crippen LogP contribution in [-0.4, -0.2) is 57.9 Å². The van der Waals surface area contributed by atoms with Crippen molar-refractivity contribution in [2.75, 3.05) is 27.3 Å². The zero-order valence-corrected chi connectivity index (χ0v) is 15.2. The van der Waals surface area contributed by atoms with Crippen LogP contribution in [0.4, 0.5) is 0 Å². The lowest BCUT2D eigenvalue weighted by atomic mass is 9.98. The Morgan fingerprint density at radius 2 is 1.65 bits per heavy atom. The smallest absolute Gasteiger partial charge is 0.339 e. The van der Waals surface area contributed by atoms with Crippen LogP contribution in [0.5, 0.6) is 0 Å². The molecule has 1 fully saturated rings. The Balaban J connectivity index is 2.45. The van der Waals surface area contributed by atoms with Gasteiger partial charge in [0, 0.05) is 19.0 Å². The highest BCUT2D eigenvalue weighted by atomic mass is 32.2. The van der Waals surface area contributed by atoms with Gasteiger partial charge in [-0.05, 0) is 31.0 Å². The number of carbonyl (C=O) groups excluding carboxylic acids is 3. The highest BCUT2D eigenvalue weighted by molar-refractivity contribution is 7.89. The number of nitrogens with zero attached hydrogens (tertiary/aromatic N) is 1. The molecule has 0 aromatic heterocycles. The number of sulfonamides is 1. The van der Waals surface area contributed by atoms with Crippen LogP contribution in [0.3, 0.4) is 0 Å². The summed E-state index contributed by atoms with van der Waals surface area (Å²) in [6.45, 7) is 0.165. The van der Waals surface area contributed by atoms with E-state index in [1.807, 2.05) is 0 Å². The molecule has 142 valence electrons. The van der Waals surface area contributed by atoms with Crippen molar-refractivity contribution in [2.45, 2.75) is 17.7 Å². The number of nitrogens with two attached hydrogens (primary N) is 1. The van der Waals surface area contributed by atoms with E-state index in [0.717, 1.165) is 17.5 Å². The summed E-state index contributed by atoms with van der Waals surface area (Å²) in [6.07, 6.45) is 0.581. The van der Waals surface area contributed by atoms with Crippen LogP contribution in [0.15, 0.2) is 23.1 Å². The number of amides is 1. The third-order valence-electron chi connectivity index (χ3n) is 4.28. The maximum atomic E-state index is 13.0. The van der Waals surface area contributed by atoms with Crippen molar-refractivity contribution in [3.05, 3.63) is 29.3 Å². The number of methoxy groups -OCH3 is 2. The minimum Gasteiger partial charge on any atom is -0.465 e. The van der Waals surface area contributed by atoms with Crippen molar-refractivity contribution in [2.24, 2.45) is 11.7 Å². The van der Waals surface area contributed by atoms with Crippen LogP contribution in [0, 0.1) is 5.92 Å².